The molecular weight excluding hydrogens is 630 g/mol. The van der Waals surface area contributed by atoms with Gasteiger partial charge >= 0.3 is 6.09 Å². The summed E-state index contributed by atoms with van der Waals surface area (Å²) in [4.78, 5) is 48.9. The Morgan fingerprint density at radius 3 is 1.98 bits per heavy atom. The Morgan fingerprint density at radius 2 is 1.44 bits per heavy atom. The van der Waals surface area contributed by atoms with Gasteiger partial charge in [-0.3, -0.25) is 9.59 Å². The first-order valence-corrected chi connectivity index (χ1v) is 17.2. The van der Waals surface area contributed by atoms with E-state index in [0.29, 0.717) is 50.5 Å². The zero-order valence-corrected chi connectivity index (χ0v) is 29.4. The lowest BCUT2D eigenvalue weighted by atomic mass is 9.94. The van der Waals surface area contributed by atoms with Crippen molar-refractivity contribution in [2.24, 2.45) is 5.92 Å². The van der Waals surface area contributed by atoms with Crippen LogP contribution in [0.1, 0.15) is 62.5 Å². The molecule has 1 N–H and O–H groups in total. The second-order valence-electron chi connectivity index (χ2n) is 14.2. The average Bonchev–Trinajstić information content (AvgIpc) is 3.54. The second kappa shape index (κ2) is 14.7. The number of rotatable bonds is 9. The third-order valence-corrected chi connectivity index (χ3v) is 9.27. The van der Waals surface area contributed by atoms with Gasteiger partial charge in [-0.15, -0.1) is 0 Å². The van der Waals surface area contributed by atoms with Crippen LogP contribution in [0.2, 0.25) is 0 Å². The number of amides is 3. The van der Waals surface area contributed by atoms with Gasteiger partial charge < -0.3 is 24.4 Å². The third kappa shape index (κ3) is 8.30. The number of benzene rings is 4. The van der Waals surface area contributed by atoms with Crippen molar-refractivity contribution in [2.45, 2.75) is 71.1 Å². The van der Waals surface area contributed by atoms with E-state index < -0.39 is 17.7 Å². The summed E-state index contributed by atoms with van der Waals surface area (Å²) < 4.78 is 11.2. The molecule has 2 heterocycles. The van der Waals surface area contributed by atoms with Gasteiger partial charge in [0.2, 0.25) is 17.7 Å². The topological polar surface area (TPSA) is 118 Å². The molecule has 1 aromatic heterocycles. The molecule has 0 bridgehead atoms. The van der Waals surface area contributed by atoms with Gasteiger partial charge in [0.25, 0.3) is 0 Å². The van der Waals surface area contributed by atoms with Crippen LogP contribution in [0.25, 0.3) is 21.5 Å². The molecule has 0 spiro atoms. The van der Waals surface area contributed by atoms with Crippen LogP contribution in [0.3, 0.4) is 0 Å². The Labute approximate surface area is 292 Å². The van der Waals surface area contributed by atoms with Crippen LogP contribution in [0.5, 0.6) is 0 Å². The average molecular weight is 676 g/mol. The number of carbonyl (C=O) groups excluding carboxylic acids is 3. The van der Waals surface area contributed by atoms with Gasteiger partial charge in [-0.25, -0.2) is 4.79 Å². The summed E-state index contributed by atoms with van der Waals surface area (Å²) in [6, 6.07) is 27.1. The first-order valence-electron chi connectivity index (χ1n) is 17.2. The van der Waals surface area contributed by atoms with Crippen LogP contribution in [0.15, 0.2) is 89.5 Å². The van der Waals surface area contributed by atoms with E-state index in [1.807, 2.05) is 69.3 Å². The van der Waals surface area contributed by atoms with Crippen molar-refractivity contribution in [3.8, 4) is 0 Å². The fourth-order valence-corrected chi connectivity index (χ4v) is 6.57. The van der Waals surface area contributed by atoms with Crippen molar-refractivity contribution in [1.82, 2.24) is 25.3 Å². The van der Waals surface area contributed by atoms with Gasteiger partial charge in [-0.2, -0.15) is 4.98 Å². The lowest BCUT2D eigenvalue weighted by Crippen LogP contribution is -2.52. The van der Waals surface area contributed by atoms with Gasteiger partial charge in [-0.1, -0.05) is 90.1 Å². The number of hydrogen-bond acceptors (Lipinski definition) is 7. The molecule has 0 aliphatic carbocycles. The summed E-state index contributed by atoms with van der Waals surface area (Å²) in [5.74, 6) is -0.0155. The van der Waals surface area contributed by atoms with Crippen molar-refractivity contribution in [3.05, 3.63) is 108 Å². The molecule has 0 radical (unpaired) electrons. The van der Waals surface area contributed by atoms with E-state index in [-0.39, 0.29) is 23.8 Å². The van der Waals surface area contributed by atoms with Gasteiger partial charge in [0, 0.05) is 38.9 Å². The van der Waals surface area contributed by atoms with Crippen molar-refractivity contribution < 1.29 is 23.6 Å². The molecule has 3 amide bonds. The number of fused-ring (bicyclic) bond motifs is 2. The molecule has 260 valence electrons. The molecule has 4 aromatic carbocycles. The predicted octanol–water partition coefficient (Wildman–Crippen LogP) is 6.80. The zero-order chi connectivity index (χ0) is 35.4. The molecule has 10 nitrogen and oxygen atoms in total. The summed E-state index contributed by atoms with van der Waals surface area (Å²) in [5.41, 5.74) is 1.34. The van der Waals surface area contributed by atoms with Gasteiger partial charge in [-0.05, 0) is 73.2 Å². The number of aromatic nitrogens is 2. The molecule has 1 aliphatic rings. The quantitative estimate of drug-likeness (QED) is 0.183. The fraction of sp³-hybridized carbons (Fsp3) is 0.375. The van der Waals surface area contributed by atoms with E-state index in [4.69, 9.17) is 9.26 Å². The standard InChI is InChI=1S/C40H45N5O5/c1-26-41-37(50-43-26)35(25-28-15-17-30-11-7-9-13-33(30)23-28)44(5)38(47)34(24-27-14-16-29-10-6-8-12-32(29)22-27)42-36(46)31-18-20-45(21-19-31)39(48)49-40(2,3)4/h6-17,22-23,31,34-35H,18-21,24-25H2,1-5H3,(H,42,46)/t34-,35-/m1/s1. The smallest absolute Gasteiger partial charge is 0.410 e. The summed E-state index contributed by atoms with van der Waals surface area (Å²) >= 11 is 0. The molecule has 2 atom stereocenters. The molecule has 6 rings (SSSR count). The maximum atomic E-state index is 14.6. The van der Waals surface area contributed by atoms with E-state index >= 15 is 0 Å². The van der Waals surface area contributed by atoms with Crippen LogP contribution in [-0.2, 0) is 27.2 Å². The molecule has 1 fully saturated rings. The maximum absolute atomic E-state index is 14.6. The minimum absolute atomic E-state index is 0.207. The molecule has 1 aliphatic heterocycles. The van der Waals surface area contributed by atoms with E-state index in [1.54, 1.807) is 23.8 Å². The zero-order valence-electron chi connectivity index (χ0n) is 29.4. The Hall–Kier alpha value is -5.25. The number of nitrogens with one attached hydrogen (secondary N) is 1. The minimum Gasteiger partial charge on any atom is -0.444 e. The van der Waals surface area contributed by atoms with E-state index in [1.165, 1.54) is 0 Å². The van der Waals surface area contributed by atoms with Gasteiger partial charge in [0.1, 0.15) is 17.7 Å². The van der Waals surface area contributed by atoms with Crippen LogP contribution in [0, 0.1) is 12.8 Å². The predicted molar refractivity (Wildman–Crippen MR) is 192 cm³/mol. The first-order chi connectivity index (χ1) is 23.9. The van der Waals surface area contributed by atoms with E-state index in [9.17, 15) is 14.4 Å². The molecular formula is C40H45N5O5. The summed E-state index contributed by atoms with van der Waals surface area (Å²) in [6.45, 7) is 8.06. The van der Waals surface area contributed by atoms with E-state index in [0.717, 1.165) is 32.7 Å². The Kier molecular flexibility index (Phi) is 10.2. The first kappa shape index (κ1) is 34.6. The van der Waals surface area contributed by atoms with Gasteiger partial charge in [0.05, 0.1) is 0 Å². The van der Waals surface area contributed by atoms with Crippen molar-refractivity contribution in [2.75, 3.05) is 20.1 Å². The molecule has 1 saturated heterocycles. The fourth-order valence-electron chi connectivity index (χ4n) is 6.57. The van der Waals surface area contributed by atoms with E-state index in [2.05, 4.69) is 51.9 Å². The maximum Gasteiger partial charge on any atom is 0.410 e. The van der Waals surface area contributed by atoms with Crippen LogP contribution in [0.4, 0.5) is 4.79 Å². The monoisotopic (exact) mass is 675 g/mol. The summed E-state index contributed by atoms with van der Waals surface area (Å²) in [6.07, 6.45) is 1.31. The number of hydrogen-bond donors (Lipinski definition) is 1. The number of carbonyl (C=O) groups is 3. The highest BCUT2D eigenvalue weighted by molar-refractivity contribution is 5.90. The number of ether oxygens (including phenoxy) is 1. The molecule has 10 heteroatoms. The van der Waals surface area contributed by atoms with Crippen molar-refractivity contribution in [3.63, 3.8) is 0 Å². The number of aryl methyl sites for hydroxylation is 1. The summed E-state index contributed by atoms with van der Waals surface area (Å²) in [5, 5.41) is 11.5. The van der Waals surface area contributed by atoms with Crippen LogP contribution in [-0.4, -0.2) is 69.6 Å². The Balaban J connectivity index is 1.24. The lowest BCUT2D eigenvalue weighted by Gasteiger charge is -2.34. The normalized spacial score (nSPS) is 15.1. The highest BCUT2D eigenvalue weighted by atomic mass is 16.6. The van der Waals surface area contributed by atoms with Crippen LogP contribution < -0.4 is 5.32 Å². The number of likely N-dealkylation sites (N-methyl/N-ethyl adjacent to an activating group) is 1. The Bertz CT molecular complexity index is 1990. The highest BCUT2D eigenvalue weighted by Crippen LogP contribution is 2.27. The number of piperidine rings is 1. The molecule has 0 saturated carbocycles. The summed E-state index contributed by atoms with van der Waals surface area (Å²) in [7, 11) is 1.73. The third-order valence-electron chi connectivity index (χ3n) is 9.27. The van der Waals surface area contributed by atoms with Crippen molar-refractivity contribution >= 4 is 39.5 Å². The number of nitrogens with zero attached hydrogens (tertiary/aromatic N) is 4. The molecule has 0 unspecified atom stereocenters. The second-order valence-corrected chi connectivity index (χ2v) is 14.2. The molecule has 5 aromatic rings. The minimum atomic E-state index is -0.860. The lowest BCUT2D eigenvalue weighted by molar-refractivity contribution is -0.139. The SMILES string of the molecule is Cc1noc([C@@H](Cc2ccc3ccccc3c2)N(C)C(=O)[C@@H](Cc2ccc3ccccc3c2)NC(=O)C2CCN(C(=O)OC(C)(C)C)CC2)n1. The van der Waals surface area contributed by atoms with Gasteiger partial charge in [0.15, 0.2) is 5.82 Å². The molecule has 50 heavy (non-hydrogen) atoms. The Morgan fingerprint density at radius 1 is 0.880 bits per heavy atom. The largest absolute Gasteiger partial charge is 0.444 e. The highest BCUT2D eigenvalue weighted by Gasteiger charge is 2.35. The van der Waals surface area contributed by atoms with Crippen molar-refractivity contribution in [1.29, 1.82) is 0 Å². The number of likely N-dealkylation sites (tertiary alicyclic amines) is 1. The van der Waals surface area contributed by atoms with Crippen LogP contribution >= 0.6 is 0 Å².